The molecule has 0 fully saturated rings. The van der Waals surface area contributed by atoms with Crippen LogP contribution in [0.25, 0.3) is 17.5 Å². The normalized spacial score (nSPS) is 11.6. The van der Waals surface area contributed by atoms with Crippen molar-refractivity contribution in [3.05, 3.63) is 46.1 Å². The van der Waals surface area contributed by atoms with Crippen molar-refractivity contribution in [2.24, 2.45) is 7.05 Å². The molecule has 2 aromatic heterocycles. The van der Waals surface area contributed by atoms with Gasteiger partial charge in [0.15, 0.2) is 0 Å². The Morgan fingerprint density at radius 2 is 1.79 bits per heavy atom. The predicted octanol–water partition coefficient (Wildman–Crippen LogP) is 3.93. The molecule has 1 N–H and O–H groups in total. The third kappa shape index (κ3) is 4.45. The fourth-order valence-corrected chi connectivity index (χ4v) is 3.36. The van der Waals surface area contributed by atoms with E-state index in [9.17, 15) is 9.90 Å². The second-order valence-corrected chi connectivity index (χ2v) is 7.27. The fourth-order valence-electron chi connectivity index (χ4n) is 2.70. The number of carboxylic acid groups (broad SMARTS) is 1. The molecule has 3 aromatic rings. The van der Waals surface area contributed by atoms with E-state index in [0.29, 0.717) is 17.1 Å². The number of benzene rings is 1. The maximum Gasteiger partial charge on any atom is 0.342 e. The van der Waals surface area contributed by atoms with Crippen molar-refractivity contribution < 1.29 is 23.8 Å². The molecule has 0 amide bonds. The van der Waals surface area contributed by atoms with Gasteiger partial charge in [-0.05, 0) is 55.4 Å². The number of methoxy groups -OCH3 is 2. The third-order valence-electron chi connectivity index (χ3n) is 4.51. The number of thioether (sulfide) groups is 1. The Morgan fingerprint density at radius 1 is 1.14 bits per heavy atom. The van der Waals surface area contributed by atoms with Gasteiger partial charge in [-0.3, -0.25) is 0 Å². The van der Waals surface area contributed by atoms with Gasteiger partial charge < -0.3 is 23.6 Å². The number of aromatic nitrogens is 3. The summed E-state index contributed by atoms with van der Waals surface area (Å²) < 4.78 is 18.2. The van der Waals surface area contributed by atoms with Gasteiger partial charge in [-0.2, -0.15) is 0 Å². The molecule has 1 aromatic carbocycles. The maximum absolute atomic E-state index is 11.7. The Bertz CT molecular complexity index is 1060. The molecule has 8 nitrogen and oxygen atoms in total. The summed E-state index contributed by atoms with van der Waals surface area (Å²) in [5.74, 6) is 0.320. The van der Waals surface area contributed by atoms with Gasteiger partial charge in [0, 0.05) is 30.1 Å². The minimum Gasteiger partial charge on any atom is -0.497 e. The summed E-state index contributed by atoms with van der Waals surface area (Å²) in [7, 11) is 5.03. The van der Waals surface area contributed by atoms with E-state index in [4.69, 9.17) is 13.9 Å². The lowest BCUT2D eigenvalue weighted by Gasteiger charge is -2.05. The molecule has 0 bridgehead atoms. The van der Waals surface area contributed by atoms with Gasteiger partial charge in [-0.1, -0.05) is 0 Å². The number of hydrogen-bond acceptors (Lipinski definition) is 7. The number of hydrogen-bond donors (Lipinski definition) is 1. The molecule has 0 aliphatic heterocycles. The monoisotopic (exact) mass is 415 g/mol. The van der Waals surface area contributed by atoms with E-state index in [-0.39, 0.29) is 16.0 Å². The van der Waals surface area contributed by atoms with Crippen LogP contribution in [0.2, 0.25) is 0 Å². The highest BCUT2D eigenvalue weighted by molar-refractivity contribution is 8.03. The number of rotatable bonds is 7. The Hall–Kier alpha value is -3.20. The van der Waals surface area contributed by atoms with Crippen molar-refractivity contribution in [1.29, 1.82) is 0 Å². The molecule has 0 unspecified atom stereocenters. The number of carboxylic acids is 1. The zero-order valence-electron chi connectivity index (χ0n) is 16.7. The number of aryl methyl sites for hydroxylation is 1. The molecule has 0 radical (unpaired) electrons. The van der Waals surface area contributed by atoms with Crippen LogP contribution in [0, 0.1) is 13.8 Å². The number of aliphatic carboxylic acids is 1. The molecule has 9 heteroatoms. The molecule has 0 aliphatic rings. The van der Waals surface area contributed by atoms with Crippen LogP contribution in [-0.4, -0.2) is 40.1 Å². The molecular formula is C20H21N3O5S. The smallest absolute Gasteiger partial charge is 0.342 e. The van der Waals surface area contributed by atoms with Crippen LogP contribution >= 0.6 is 11.8 Å². The van der Waals surface area contributed by atoms with Gasteiger partial charge in [-0.15, -0.1) is 10.2 Å². The molecule has 0 aliphatic carbocycles. The first-order valence-electron chi connectivity index (χ1n) is 8.65. The summed E-state index contributed by atoms with van der Waals surface area (Å²) >= 11 is 0.900. The molecule has 29 heavy (non-hydrogen) atoms. The van der Waals surface area contributed by atoms with Crippen molar-refractivity contribution in [2.75, 3.05) is 14.2 Å². The summed E-state index contributed by atoms with van der Waals surface area (Å²) in [4.78, 5) is 11.8. The predicted molar refractivity (Wildman–Crippen MR) is 109 cm³/mol. The average Bonchev–Trinajstić information content (AvgIpc) is 3.27. The van der Waals surface area contributed by atoms with Gasteiger partial charge in [0.05, 0.1) is 14.2 Å². The topological polar surface area (TPSA) is 99.6 Å². The molecule has 3 rings (SSSR count). The average molecular weight is 415 g/mol. The summed E-state index contributed by atoms with van der Waals surface area (Å²) in [5, 5.41) is 17.7. The van der Waals surface area contributed by atoms with E-state index in [0.717, 1.165) is 28.7 Å². The first-order chi connectivity index (χ1) is 13.8. The van der Waals surface area contributed by atoms with Crippen LogP contribution in [0.15, 0.2) is 38.8 Å². The van der Waals surface area contributed by atoms with E-state index in [2.05, 4.69) is 10.2 Å². The van der Waals surface area contributed by atoms with Crippen molar-refractivity contribution in [3.8, 4) is 23.0 Å². The Morgan fingerprint density at radius 3 is 2.31 bits per heavy atom. The van der Waals surface area contributed by atoms with Crippen LogP contribution in [0.1, 0.15) is 17.0 Å². The molecule has 0 saturated carbocycles. The number of nitrogens with zero attached hydrogens (tertiary/aromatic N) is 3. The van der Waals surface area contributed by atoms with Gasteiger partial charge in [0.25, 0.3) is 5.22 Å². The molecular weight excluding hydrogens is 394 g/mol. The first-order valence-corrected chi connectivity index (χ1v) is 9.46. The lowest BCUT2D eigenvalue weighted by molar-refractivity contribution is -0.131. The van der Waals surface area contributed by atoms with Crippen molar-refractivity contribution in [3.63, 3.8) is 0 Å². The van der Waals surface area contributed by atoms with Crippen molar-refractivity contribution >= 4 is 23.8 Å². The first kappa shape index (κ1) is 20.5. The highest BCUT2D eigenvalue weighted by atomic mass is 32.2. The second kappa shape index (κ2) is 8.44. The Kier molecular flexibility index (Phi) is 5.97. The van der Waals surface area contributed by atoms with Gasteiger partial charge in [0.1, 0.15) is 16.4 Å². The van der Waals surface area contributed by atoms with Gasteiger partial charge in [-0.25, -0.2) is 4.79 Å². The minimum absolute atomic E-state index is 0.0807. The molecule has 0 spiro atoms. The quantitative estimate of drug-likeness (QED) is 0.458. The lowest BCUT2D eigenvalue weighted by Crippen LogP contribution is -1.97. The van der Waals surface area contributed by atoms with E-state index < -0.39 is 5.97 Å². The Balaban J connectivity index is 1.90. The largest absolute Gasteiger partial charge is 0.497 e. The van der Waals surface area contributed by atoms with Crippen LogP contribution < -0.4 is 9.47 Å². The highest BCUT2D eigenvalue weighted by Crippen LogP contribution is 2.33. The summed E-state index contributed by atoms with van der Waals surface area (Å²) in [6.07, 6.45) is 1.60. The van der Waals surface area contributed by atoms with E-state index >= 15 is 0 Å². The molecule has 0 atom stereocenters. The van der Waals surface area contributed by atoms with E-state index in [1.54, 1.807) is 38.5 Å². The zero-order chi connectivity index (χ0) is 21.1. The lowest BCUT2D eigenvalue weighted by atomic mass is 10.2. The van der Waals surface area contributed by atoms with Crippen molar-refractivity contribution in [1.82, 2.24) is 14.8 Å². The number of ether oxygens (including phenoxy) is 2. The standard InChI is InChI=1S/C20H21N3O5S/c1-11-6-13(12(2)23(11)3)9-17(19(24)25)29-20-22-21-18(28-20)14-7-15(26-4)10-16(8-14)27-5/h6-10H,1-5H3,(H,24,25)/b17-9-. The van der Waals surface area contributed by atoms with Gasteiger partial charge in [0.2, 0.25) is 5.89 Å². The van der Waals surface area contributed by atoms with E-state index in [1.165, 1.54) is 0 Å². The fraction of sp³-hybridized carbons (Fsp3) is 0.250. The summed E-state index contributed by atoms with van der Waals surface area (Å²) in [6.45, 7) is 3.90. The molecule has 2 heterocycles. The SMILES string of the molecule is COc1cc(OC)cc(-c2nnc(S/C(=C\c3cc(C)n(C)c3C)C(=O)O)o2)c1. The van der Waals surface area contributed by atoms with Crippen LogP contribution in [0.4, 0.5) is 0 Å². The maximum atomic E-state index is 11.7. The van der Waals surface area contributed by atoms with Gasteiger partial charge >= 0.3 is 5.97 Å². The van der Waals surface area contributed by atoms with Crippen LogP contribution in [0.3, 0.4) is 0 Å². The number of carbonyl (C=O) groups is 1. The zero-order valence-corrected chi connectivity index (χ0v) is 17.5. The molecule has 152 valence electrons. The third-order valence-corrected chi connectivity index (χ3v) is 5.37. The highest BCUT2D eigenvalue weighted by Gasteiger charge is 2.18. The van der Waals surface area contributed by atoms with E-state index in [1.807, 2.05) is 31.5 Å². The second-order valence-electron chi connectivity index (χ2n) is 6.28. The minimum atomic E-state index is -1.07. The van der Waals surface area contributed by atoms with Crippen molar-refractivity contribution in [2.45, 2.75) is 19.1 Å². The van der Waals surface area contributed by atoms with Crippen LogP contribution in [-0.2, 0) is 11.8 Å². The summed E-state index contributed by atoms with van der Waals surface area (Å²) in [5.41, 5.74) is 3.44. The molecule has 0 saturated heterocycles. The summed E-state index contributed by atoms with van der Waals surface area (Å²) in [6, 6.07) is 7.12. The van der Waals surface area contributed by atoms with Crippen LogP contribution in [0.5, 0.6) is 11.5 Å². The Labute approximate surface area is 172 Å².